The Kier molecular flexibility index (Phi) is 7.89. The first-order valence-corrected chi connectivity index (χ1v) is 8.78. The SMILES string of the molecule is CCNC(=NCCCc1nnc2ccccn12)N1CCC(O)CC1.I. The highest BCUT2D eigenvalue weighted by Gasteiger charge is 2.19. The van der Waals surface area contributed by atoms with E-state index in [1.807, 2.05) is 28.8 Å². The monoisotopic (exact) mass is 458 g/mol. The predicted octanol–water partition coefficient (Wildman–Crippen LogP) is 1.70. The molecule has 0 bridgehead atoms. The van der Waals surface area contributed by atoms with Crippen molar-refractivity contribution in [1.29, 1.82) is 0 Å². The van der Waals surface area contributed by atoms with Gasteiger partial charge in [0.15, 0.2) is 11.6 Å². The Morgan fingerprint density at radius 2 is 2.12 bits per heavy atom. The van der Waals surface area contributed by atoms with Crippen LogP contribution in [0, 0.1) is 0 Å². The van der Waals surface area contributed by atoms with Crippen molar-refractivity contribution >= 4 is 35.6 Å². The van der Waals surface area contributed by atoms with Gasteiger partial charge in [0.1, 0.15) is 5.82 Å². The third-order valence-electron chi connectivity index (χ3n) is 4.30. The number of nitrogens with one attached hydrogen (secondary N) is 1. The van der Waals surface area contributed by atoms with Gasteiger partial charge in [-0.15, -0.1) is 34.2 Å². The Hall–Kier alpha value is -1.42. The van der Waals surface area contributed by atoms with Crippen molar-refractivity contribution in [2.45, 2.75) is 38.7 Å². The molecule has 0 aromatic carbocycles. The van der Waals surface area contributed by atoms with E-state index in [-0.39, 0.29) is 30.1 Å². The maximum Gasteiger partial charge on any atom is 0.193 e. The van der Waals surface area contributed by atoms with Gasteiger partial charge in [-0.25, -0.2) is 0 Å². The number of hydrogen-bond acceptors (Lipinski definition) is 4. The molecule has 0 saturated carbocycles. The molecule has 0 spiro atoms. The van der Waals surface area contributed by atoms with Gasteiger partial charge < -0.3 is 15.3 Å². The molecule has 1 saturated heterocycles. The number of pyridine rings is 1. The number of hydrogen-bond donors (Lipinski definition) is 2. The molecule has 2 N–H and O–H groups in total. The molecule has 7 nitrogen and oxygen atoms in total. The van der Waals surface area contributed by atoms with Crippen LogP contribution in [0.1, 0.15) is 32.0 Å². The molecular weight excluding hydrogens is 431 g/mol. The number of aryl methyl sites for hydroxylation is 1. The summed E-state index contributed by atoms with van der Waals surface area (Å²) in [6, 6.07) is 5.92. The quantitative estimate of drug-likeness (QED) is 0.309. The number of aliphatic hydroxyl groups is 1. The van der Waals surface area contributed by atoms with Gasteiger partial charge in [0.25, 0.3) is 0 Å². The van der Waals surface area contributed by atoms with E-state index in [0.717, 1.165) is 69.3 Å². The van der Waals surface area contributed by atoms with Gasteiger partial charge in [-0.05, 0) is 38.3 Å². The molecule has 1 fully saturated rings. The van der Waals surface area contributed by atoms with Crippen molar-refractivity contribution in [3.63, 3.8) is 0 Å². The molecule has 1 aliphatic heterocycles. The fourth-order valence-corrected chi connectivity index (χ4v) is 2.99. The Morgan fingerprint density at radius 1 is 1.32 bits per heavy atom. The zero-order valence-electron chi connectivity index (χ0n) is 14.6. The minimum atomic E-state index is -0.162. The number of nitrogens with zero attached hydrogens (tertiary/aromatic N) is 5. The number of aliphatic imine (C=N–C) groups is 1. The summed E-state index contributed by atoms with van der Waals surface area (Å²) in [4.78, 5) is 6.97. The summed E-state index contributed by atoms with van der Waals surface area (Å²) in [5, 5.41) is 21.4. The number of guanidine groups is 1. The number of halogens is 1. The predicted molar refractivity (Wildman–Crippen MR) is 110 cm³/mol. The zero-order chi connectivity index (χ0) is 16.8. The fourth-order valence-electron chi connectivity index (χ4n) is 2.99. The third-order valence-corrected chi connectivity index (χ3v) is 4.30. The standard InChI is InChI=1S/C17H26N6O.HI/c1-2-18-17(22-12-8-14(24)9-13-22)19-10-5-7-16-21-20-15-6-3-4-11-23(15)16;/h3-4,6,11,14,24H,2,5,7-10,12-13H2,1H3,(H,18,19);1H. The Labute approximate surface area is 165 Å². The van der Waals surface area contributed by atoms with Crippen LogP contribution in [0.4, 0.5) is 0 Å². The zero-order valence-corrected chi connectivity index (χ0v) is 17.0. The van der Waals surface area contributed by atoms with Crippen molar-refractivity contribution < 1.29 is 5.11 Å². The highest BCUT2D eigenvalue weighted by atomic mass is 127. The first-order chi connectivity index (χ1) is 11.8. The van der Waals surface area contributed by atoms with E-state index in [1.165, 1.54) is 0 Å². The summed E-state index contributed by atoms with van der Waals surface area (Å²) in [5.41, 5.74) is 0.885. The molecule has 1 aliphatic rings. The molecule has 138 valence electrons. The van der Waals surface area contributed by atoms with Gasteiger partial charge in [0.05, 0.1) is 6.10 Å². The second-order valence-electron chi connectivity index (χ2n) is 6.10. The van der Waals surface area contributed by atoms with E-state index in [0.29, 0.717) is 0 Å². The number of piperidine rings is 1. The normalized spacial score (nSPS) is 16.1. The molecule has 2 aromatic heterocycles. The highest BCUT2D eigenvalue weighted by molar-refractivity contribution is 14.0. The first kappa shape index (κ1) is 19.9. The number of likely N-dealkylation sites (tertiary alicyclic amines) is 1. The van der Waals surface area contributed by atoms with Crippen molar-refractivity contribution in [3.8, 4) is 0 Å². The highest BCUT2D eigenvalue weighted by Crippen LogP contribution is 2.10. The third kappa shape index (κ3) is 5.27. The lowest BCUT2D eigenvalue weighted by molar-refractivity contribution is 0.108. The first-order valence-electron chi connectivity index (χ1n) is 8.78. The average molecular weight is 458 g/mol. The van der Waals surface area contributed by atoms with Gasteiger partial charge in [-0.3, -0.25) is 9.39 Å². The van der Waals surface area contributed by atoms with E-state index in [2.05, 4.69) is 27.3 Å². The van der Waals surface area contributed by atoms with Crippen molar-refractivity contribution in [2.24, 2.45) is 4.99 Å². The van der Waals surface area contributed by atoms with Crippen LogP contribution in [-0.2, 0) is 6.42 Å². The Balaban J connectivity index is 0.00000225. The van der Waals surface area contributed by atoms with Crippen LogP contribution in [0.15, 0.2) is 29.4 Å². The second kappa shape index (κ2) is 9.91. The summed E-state index contributed by atoms with van der Waals surface area (Å²) < 4.78 is 2.03. The summed E-state index contributed by atoms with van der Waals surface area (Å²) >= 11 is 0. The average Bonchev–Trinajstić information content (AvgIpc) is 3.02. The van der Waals surface area contributed by atoms with Gasteiger partial charge in [0.2, 0.25) is 0 Å². The number of aromatic nitrogens is 3. The van der Waals surface area contributed by atoms with Crippen LogP contribution >= 0.6 is 24.0 Å². The number of fused-ring (bicyclic) bond motifs is 1. The fraction of sp³-hybridized carbons (Fsp3) is 0.588. The van der Waals surface area contributed by atoms with Gasteiger partial charge in [-0.2, -0.15) is 0 Å². The summed E-state index contributed by atoms with van der Waals surface area (Å²) in [5.74, 6) is 1.93. The van der Waals surface area contributed by atoms with Gasteiger partial charge in [-0.1, -0.05) is 6.07 Å². The smallest absolute Gasteiger partial charge is 0.193 e. The molecule has 8 heteroatoms. The molecule has 0 amide bonds. The minimum absolute atomic E-state index is 0. The van der Waals surface area contributed by atoms with E-state index in [1.54, 1.807) is 0 Å². The van der Waals surface area contributed by atoms with Crippen LogP contribution in [0.5, 0.6) is 0 Å². The molecule has 3 rings (SSSR count). The molecule has 3 heterocycles. The molecule has 0 aliphatic carbocycles. The van der Waals surface area contributed by atoms with Crippen molar-refractivity contribution in [2.75, 3.05) is 26.2 Å². The maximum atomic E-state index is 9.64. The van der Waals surface area contributed by atoms with E-state index in [9.17, 15) is 5.11 Å². The van der Waals surface area contributed by atoms with Crippen molar-refractivity contribution in [1.82, 2.24) is 24.8 Å². The summed E-state index contributed by atoms with van der Waals surface area (Å²) in [7, 11) is 0. The minimum Gasteiger partial charge on any atom is -0.393 e. The van der Waals surface area contributed by atoms with Crippen LogP contribution in [0.2, 0.25) is 0 Å². The van der Waals surface area contributed by atoms with E-state index in [4.69, 9.17) is 4.99 Å². The van der Waals surface area contributed by atoms with Crippen LogP contribution in [0.3, 0.4) is 0 Å². The Bertz CT molecular complexity index is 681. The molecule has 0 radical (unpaired) electrons. The van der Waals surface area contributed by atoms with Crippen LogP contribution in [0.25, 0.3) is 5.65 Å². The molecular formula is C17H27IN6O. The largest absolute Gasteiger partial charge is 0.393 e. The summed E-state index contributed by atoms with van der Waals surface area (Å²) in [6.45, 7) is 5.41. The maximum absolute atomic E-state index is 9.64. The number of aliphatic hydroxyl groups excluding tert-OH is 1. The lowest BCUT2D eigenvalue weighted by Gasteiger charge is -2.32. The van der Waals surface area contributed by atoms with Crippen molar-refractivity contribution in [3.05, 3.63) is 30.2 Å². The van der Waals surface area contributed by atoms with E-state index >= 15 is 0 Å². The molecule has 2 aromatic rings. The van der Waals surface area contributed by atoms with Crippen LogP contribution < -0.4 is 5.32 Å². The van der Waals surface area contributed by atoms with Gasteiger partial charge >= 0.3 is 0 Å². The lowest BCUT2D eigenvalue weighted by Crippen LogP contribution is -2.46. The van der Waals surface area contributed by atoms with E-state index < -0.39 is 0 Å². The van der Waals surface area contributed by atoms with Gasteiger partial charge in [0, 0.05) is 38.8 Å². The lowest BCUT2D eigenvalue weighted by atomic mass is 10.1. The molecule has 0 unspecified atom stereocenters. The second-order valence-corrected chi connectivity index (χ2v) is 6.10. The van der Waals surface area contributed by atoms with Crippen LogP contribution in [-0.4, -0.2) is 62.8 Å². The topological polar surface area (TPSA) is 78.0 Å². The molecule has 25 heavy (non-hydrogen) atoms. The number of rotatable bonds is 5. The Morgan fingerprint density at radius 3 is 2.88 bits per heavy atom. The molecule has 0 atom stereocenters. The summed E-state index contributed by atoms with van der Waals surface area (Å²) in [6.07, 6.45) is 5.25.